The predicted octanol–water partition coefficient (Wildman–Crippen LogP) is -1.75. The van der Waals surface area contributed by atoms with Gasteiger partial charge < -0.3 is 16.9 Å². The highest BCUT2D eigenvalue weighted by atomic mass is 35.5. The summed E-state index contributed by atoms with van der Waals surface area (Å²) in [5, 5.41) is 0. The van der Waals surface area contributed by atoms with Crippen LogP contribution in [0.2, 0.25) is 0 Å². The molecule has 0 N–H and O–H groups in total. The van der Waals surface area contributed by atoms with Gasteiger partial charge in [-0.3, -0.25) is 0 Å². The van der Waals surface area contributed by atoms with Crippen LogP contribution in [0.4, 0.5) is 0 Å². The topological polar surface area (TPSA) is 0 Å². The molecule has 0 aromatic rings. The summed E-state index contributed by atoms with van der Waals surface area (Å²) < 4.78 is 1.32. The minimum atomic E-state index is 0. The van der Waals surface area contributed by atoms with Gasteiger partial charge in [0.05, 0.1) is 26.7 Å². The van der Waals surface area contributed by atoms with E-state index in [-0.39, 0.29) is 12.4 Å². The zero-order valence-corrected chi connectivity index (χ0v) is 7.12. The maximum absolute atomic E-state index is 2.35. The van der Waals surface area contributed by atoms with Crippen LogP contribution in [0.15, 0.2) is 0 Å². The van der Waals surface area contributed by atoms with Crippen LogP contribution in [0.25, 0.3) is 0 Å². The lowest BCUT2D eigenvalue weighted by Crippen LogP contribution is -3.00. The fraction of sp³-hybridized carbons (Fsp3) is 1.00. The Labute approximate surface area is 64.0 Å². The van der Waals surface area contributed by atoms with Crippen LogP contribution in [0, 0.1) is 0 Å². The number of likely N-dealkylation sites (tertiary alicyclic amines) is 1. The van der Waals surface area contributed by atoms with E-state index in [1.165, 1.54) is 37.0 Å². The quantitative estimate of drug-likeness (QED) is 0.388. The molecule has 1 fully saturated rings. The first-order valence-electron chi connectivity index (χ1n) is 3.60. The number of hydrogen-bond acceptors (Lipinski definition) is 0. The molecule has 0 radical (unpaired) electrons. The summed E-state index contributed by atoms with van der Waals surface area (Å²) in [4.78, 5) is 0. The summed E-state index contributed by atoms with van der Waals surface area (Å²) in [5.41, 5.74) is 0. The second kappa shape index (κ2) is 3.43. The largest absolute Gasteiger partial charge is 1.00 e. The van der Waals surface area contributed by atoms with Crippen molar-refractivity contribution in [2.24, 2.45) is 0 Å². The van der Waals surface area contributed by atoms with Crippen molar-refractivity contribution in [1.82, 2.24) is 0 Å². The van der Waals surface area contributed by atoms with E-state index in [2.05, 4.69) is 14.0 Å². The van der Waals surface area contributed by atoms with Gasteiger partial charge in [0.25, 0.3) is 0 Å². The number of nitrogens with zero attached hydrogens (tertiary/aromatic N) is 1. The van der Waals surface area contributed by atoms with Crippen LogP contribution in [-0.4, -0.2) is 31.2 Å². The molecule has 1 aliphatic heterocycles. The van der Waals surface area contributed by atoms with Crippen molar-refractivity contribution in [3.05, 3.63) is 0 Å². The molecule has 0 spiro atoms. The first-order valence-corrected chi connectivity index (χ1v) is 3.60. The van der Waals surface area contributed by atoms with E-state index in [0.717, 1.165) is 0 Å². The van der Waals surface area contributed by atoms with Crippen molar-refractivity contribution in [3.63, 3.8) is 0 Å². The van der Waals surface area contributed by atoms with E-state index < -0.39 is 0 Å². The monoisotopic (exact) mass is 149 g/mol. The fourth-order valence-corrected chi connectivity index (χ4v) is 1.42. The summed E-state index contributed by atoms with van der Waals surface area (Å²) in [7, 11) is 2.35. The Hall–Kier alpha value is 0.250. The van der Waals surface area contributed by atoms with Gasteiger partial charge in [0.15, 0.2) is 0 Å². The molecule has 2 heteroatoms. The molecule has 1 saturated heterocycles. The third-order valence-corrected chi connectivity index (χ3v) is 2.41. The van der Waals surface area contributed by atoms with Crippen LogP contribution < -0.4 is 12.4 Å². The summed E-state index contributed by atoms with van der Waals surface area (Å²) >= 11 is 0. The maximum Gasteiger partial charge on any atom is 0.0786 e. The Kier molecular flexibility index (Phi) is 3.52. The zero-order valence-electron chi connectivity index (χ0n) is 6.36. The molecule has 0 amide bonds. The van der Waals surface area contributed by atoms with E-state index >= 15 is 0 Å². The van der Waals surface area contributed by atoms with Gasteiger partial charge in [-0.2, -0.15) is 0 Å². The molecule has 0 aromatic carbocycles. The van der Waals surface area contributed by atoms with Crippen LogP contribution in [0.3, 0.4) is 0 Å². The van der Waals surface area contributed by atoms with Crippen molar-refractivity contribution < 1.29 is 16.9 Å². The molecular weight excluding hydrogens is 134 g/mol. The zero-order chi connectivity index (χ0) is 6.04. The Bertz CT molecular complexity index is 77.0. The highest BCUT2D eigenvalue weighted by Crippen LogP contribution is 2.14. The molecule has 0 bridgehead atoms. The van der Waals surface area contributed by atoms with Gasteiger partial charge in [-0.1, -0.05) is 0 Å². The lowest BCUT2D eigenvalue weighted by atomic mass is 10.4. The molecule has 0 saturated carbocycles. The van der Waals surface area contributed by atoms with Gasteiger partial charge in [-0.15, -0.1) is 0 Å². The highest BCUT2D eigenvalue weighted by Gasteiger charge is 2.23. The summed E-state index contributed by atoms with van der Waals surface area (Å²) in [5.74, 6) is 0. The number of quaternary nitrogens is 1. The van der Waals surface area contributed by atoms with Crippen molar-refractivity contribution >= 4 is 0 Å². The average molecular weight is 150 g/mol. The molecule has 1 aliphatic rings. The second-order valence-electron chi connectivity index (χ2n) is 3.09. The summed E-state index contributed by atoms with van der Waals surface area (Å²) in [6.07, 6.45) is 2.90. The van der Waals surface area contributed by atoms with Crippen LogP contribution in [-0.2, 0) is 0 Å². The van der Waals surface area contributed by atoms with Gasteiger partial charge in [-0.25, -0.2) is 0 Å². The fourth-order valence-electron chi connectivity index (χ4n) is 1.42. The van der Waals surface area contributed by atoms with E-state index in [1.54, 1.807) is 0 Å². The number of halogens is 1. The lowest BCUT2D eigenvalue weighted by Gasteiger charge is -2.26. The first kappa shape index (κ1) is 9.25. The number of rotatable bonds is 1. The molecule has 1 rings (SSSR count). The predicted molar refractivity (Wildman–Crippen MR) is 35.7 cm³/mol. The van der Waals surface area contributed by atoms with E-state index in [4.69, 9.17) is 0 Å². The van der Waals surface area contributed by atoms with Crippen LogP contribution in [0.5, 0.6) is 0 Å². The van der Waals surface area contributed by atoms with E-state index in [1.807, 2.05) is 0 Å². The molecule has 1 nitrogen and oxygen atoms in total. The van der Waals surface area contributed by atoms with Gasteiger partial charge in [0.1, 0.15) is 0 Å². The van der Waals surface area contributed by atoms with Crippen LogP contribution >= 0.6 is 0 Å². The third-order valence-electron chi connectivity index (χ3n) is 2.41. The molecular formula is C7H16ClN. The van der Waals surface area contributed by atoms with Crippen LogP contribution in [0.1, 0.15) is 19.8 Å². The third kappa shape index (κ3) is 2.15. The Morgan fingerprint density at radius 3 is 1.89 bits per heavy atom. The van der Waals surface area contributed by atoms with Crippen molar-refractivity contribution in [2.45, 2.75) is 19.8 Å². The van der Waals surface area contributed by atoms with Crippen molar-refractivity contribution in [3.8, 4) is 0 Å². The SMILES string of the molecule is CC[N+]1(C)CCCC1.[Cl-]. The second-order valence-corrected chi connectivity index (χ2v) is 3.09. The Balaban J connectivity index is 0.000000640. The first-order chi connectivity index (χ1) is 3.77. The summed E-state index contributed by atoms with van der Waals surface area (Å²) in [6, 6.07) is 0. The summed E-state index contributed by atoms with van der Waals surface area (Å²) in [6.45, 7) is 6.43. The standard InChI is InChI=1S/C7H16N.ClH/c1-3-8(2)6-4-5-7-8;/h3-7H2,1-2H3;1H/q+1;/p-1. The minimum absolute atomic E-state index is 0. The maximum atomic E-state index is 2.35. The number of hydrogen-bond donors (Lipinski definition) is 0. The smallest absolute Gasteiger partial charge is 0.0786 e. The van der Waals surface area contributed by atoms with Gasteiger partial charge >= 0.3 is 0 Å². The average Bonchev–Trinajstić information content (AvgIpc) is 2.17. The molecule has 1 heterocycles. The molecule has 0 aromatic heterocycles. The van der Waals surface area contributed by atoms with E-state index in [9.17, 15) is 0 Å². The Morgan fingerprint density at radius 2 is 1.67 bits per heavy atom. The Morgan fingerprint density at radius 1 is 1.22 bits per heavy atom. The molecule has 9 heavy (non-hydrogen) atoms. The normalized spacial score (nSPS) is 23.3. The molecule has 0 atom stereocenters. The van der Waals surface area contributed by atoms with Crippen molar-refractivity contribution in [1.29, 1.82) is 0 Å². The van der Waals surface area contributed by atoms with Gasteiger partial charge in [0.2, 0.25) is 0 Å². The van der Waals surface area contributed by atoms with Gasteiger partial charge in [-0.05, 0) is 6.92 Å². The molecule has 0 unspecified atom stereocenters. The van der Waals surface area contributed by atoms with Gasteiger partial charge in [0, 0.05) is 12.8 Å². The molecule has 0 aliphatic carbocycles. The minimum Gasteiger partial charge on any atom is -1.00 e. The van der Waals surface area contributed by atoms with E-state index in [0.29, 0.717) is 0 Å². The molecule has 56 valence electrons. The lowest BCUT2D eigenvalue weighted by molar-refractivity contribution is -0.895. The highest BCUT2D eigenvalue weighted by molar-refractivity contribution is 4.49. The van der Waals surface area contributed by atoms with Crippen molar-refractivity contribution in [2.75, 3.05) is 26.7 Å².